The number of aliphatic carboxylic acids is 1. The summed E-state index contributed by atoms with van der Waals surface area (Å²) in [7, 11) is 1.44. The topological polar surface area (TPSA) is 69.6 Å². The van der Waals surface area contributed by atoms with E-state index in [0.717, 1.165) is 4.90 Å². The number of halogens is 2. The van der Waals surface area contributed by atoms with Gasteiger partial charge in [0.05, 0.1) is 19.0 Å². The van der Waals surface area contributed by atoms with Crippen molar-refractivity contribution in [1.82, 2.24) is 10.2 Å². The van der Waals surface area contributed by atoms with Crippen molar-refractivity contribution < 1.29 is 23.5 Å². The number of carbonyl (C=O) groups is 2. The van der Waals surface area contributed by atoms with Gasteiger partial charge in [-0.25, -0.2) is 8.78 Å². The van der Waals surface area contributed by atoms with Gasteiger partial charge < -0.3 is 15.3 Å². The highest BCUT2D eigenvalue weighted by Gasteiger charge is 2.38. The average Bonchev–Trinajstić information content (AvgIpc) is 2.23. The predicted octanol–water partition coefficient (Wildman–Crippen LogP) is 0.307. The fourth-order valence-corrected chi connectivity index (χ4v) is 1.86. The minimum absolute atomic E-state index is 0.222. The van der Waals surface area contributed by atoms with Crippen LogP contribution in [0.5, 0.6) is 0 Å². The molecule has 0 aromatic rings. The van der Waals surface area contributed by atoms with Gasteiger partial charge >= 0.3 is 5.97 Å². The summed E-state index contributed by atoms with van der Waals surface area (Å²) in [6.07, 6.45) is -0.389. The standard InChI is InChI=1S/C10H16F2N2O3/c1-13-7(5-8(15)16)9(17)14-4-2-3-10(11,12)6-14/h7,13H,2-6H2,1H3,(H,15,16). The Morgan fingerprint density at radius 3 is 2.65 bits per heavy atom. The minimum atomic E-state index is -2.87. The molecule has 0 aromatic carbocycles. The van der Waals surface area contributed by atoms with Crippen LogP contribution in [0.2, 0.25) is 0 Å². The molecule has 1 fully saturated rings. The first-order valence-corrected chi connectivity index (χ1v) is 5.41. The number of hydrogen-bond acceptors (Lipinski definition) is 3. The molecule has 7 heteroatoms. The molecule has 1 unspecified atom stereocenters. The van der Waals surface area contributed by atoms with Gasteiger partial charge in [0.15, 0.2) is 0 Å². The minimum Gasteiger partial charge on any atom is -0.481 e. The molecule has 1 aliphatic rings. The Bertz CT molecular complexity index is 310. The zero-order chi connectivity index (χ0) is 13.1. The summed E-state index contributed by atoms with van der Waals surface area (Å²) in [5.74, 6) is -4.58. The van der Waals surface area contributed by atoms with Crippen LogP contribution in [0, 0.1) is 0 Å². The molecule has 1 amide bonds. The summed E-state index contributed by atoms with van der Waals surface area (Å²) >= 11 is 0. The van der Waals surface area contributed by atoms with Crippen LogP contribution in [0.4, 0.5) is 8.78 Å². The smallest absolute Gasteiger partial charge is 0.305 e. The molecule has 1 saturated heterocycles. The molecule has 1 rings (SSSR count). The van der Waals surface area contributed by atoms with Crippen LogP contribution in [0.15, 0.2) is 0 Å². The van der Waals surface area contributed by atoms with Crippen molar-refractivity contribution in [3.63, 3.8) is 0 Å². The van der Waals surface area contributed by atoms with E-state index in [1.165, 1.54) is 7.05 Å². The molecule has 5 nitrogen and oxygen atoms in total. The number of nitrogens with zero attached hydrogens (tertiary/aromatic N) is 1. The van der Waals surface area contributed by atoms with E-state index in [0.29, 0.717) is 0 Å². The van der Waals surface area contributed by atoms with Gasteiger partial charge in [0.25, 0.3) is 5.92 Å². The molecule has 0 radical (unpaired) electrons. The lowest BCUT2D eigenvalue weighted by Crippen LogP contribution is -2.52. The van der Waals surface area contributed by atoms with Crippen LogP contribution in [-0.2, 0) is 9.59 Å². The van der Waals surface area contributed by atoms with Crippen molar-refractivity contribution in [2.75, 3.05) is 20.1 Å². The summed E-state index contributed by atoms with van der Waals surface area (Å²) in [6.45, 7) is -0.365. The van der Waals surface area contributed by atoms with Crippen molar-refractivity contribution in [2.24, 2.45) is 0 Å². The Kier molecular flexibility index (Phi) is 4.39. The van der Waals surface area contributed by atoms with Crippen LogP contribution >= 0.6 is 0 Å². The number of piperidine rings is 1. The second-order valence-electron chi connectivity index (χ2n) is 4.16. The highest BCUT2D eigenvalue weighted by molar-refractivity contribution is 5.86. The summed E-state index contributed by atoms with van der Waals surface area (Å²) in [5, 5.41) is 11.1. The average molecular weight is 250 g/mol. The SMILES string of the molecule is CNC(CC(=O)O)C(=O)N1CCCC(F)(F)C1. The third-order valence-electron chi connectivity index (χ3n) is 2.73. The van der Waals surface area contributed by atoms with Gasteiger partial charge in [0.1, 0.15) is 0 Å². The molecule has 1 heterocycles. The number of hydrogen-bond donors (Lipinski definition) is 2. The first-order chi connectivity index (χ1) is 7.85. The van der Waals surface area contributed by atoms with E-state index in [2.05, 4.69) is 5.32 Å². The van der Waals surface area contributed by atoms with Gasteiger partial charge in [-0.05, 0) is 13.5 Å². The maximum Gasteiger partial charge on any atom is 0.305 e. The maximum atomic E-state index is 13.1. The number of carboxylic acid groups (broad SMARTS) is 1. The van der Waals surface area contributed by atoms with Crippen molar-refractivity contribution in [3.8, 4) is 0 Å². The van der Waals surface area contributed by atoms with Crippen LogP contribution in [0.25, 0.3) is 0 Å². The third kappa shape index (κ3) is 3.92. The lowest BCUT2D eigenvalue weighted by Gasteiger charge is -2.34. The number of carboxylic acids is 1. The molecular weight excluding hydrogens is 234 g/mol. The van der Waals surface area contributed by atoms with Gasteiger partial charge in [-0.15, -0.1) is 0 Å². The molecule has 0 bridgehead atoms. The molecule has 98 valence electrons. The number of likely N-dealkylation sites (N-methyl/N-ethyl adjacent to an activating group) is 1. The summed E-state index contributed by atoms with van der Waals surface area (Å²) in [4.78, 5) is 23.4. The van der Waals surface area contributed by atoms with Gasteiger partial charge in [-0.3, -0.25) is 9.59 Å². The van der Waals surface area contributed by atoms with Crippen LogP contribution < -0.4 is 5.32 Å². The quantitative estimate of drug-likeness (QED) is 0.753. The van der Waals surface area contributed by atoms with E-state index < -0.39 is 36.8 Å². The van der Waals surface area contributed by atoms with Crippen molar-refractivity contribution >= 4 is 11.9 Å². The highest BCUT2D eigenvalue weighted by atomic mass is 19.3. The fourth-order valence-electron chi connectivity index (χ4n) is 1.86. The Morgan fingerprint density at radius 2 is 2.18 bits per heavy atom. The number of likely N-dealkylation sites (tertiary alicyclic amines) is 1. The molecule has 17 heavy (non-hydrogen) atoms. The van der Waals surface area contributed by atoms with Crippen molar-refractivity contribution in [3.05, 3.63) is 0 Å². The molecule has 2 N–H and O–H groups in total. The Balaban J connectivity index is 2.64. The van der Waals surface area contributed by atoms with Crippen molar-refractivity contribution in [2.45, 2.75) is 31.2 Å². The van der Waals surface area contributed by atoms with E-state index in [-0.39, 0.29) is 19.4 Å². The van der Waals surface area contributed by atoms with E-state index >= 15 is 0 Å². The Labute approximate surface area is 97.8 Å². The van der Waals surface area contributed by atoms with Gasteiger partial charge in [0.2, 0.25) is 5.91 Å². The normalized spacial score (nSPS) is 21.0. The number of nitrogens with one attached hydrogen (secondary N) is 1. The number of carbonyl (C=O) groups excluding carboxylic acids is 1. The number of amides is 1. The second-order valence-corrected chi connectivity index (χ2v) is 4.16. The largest absolute Gasteiger partial charge is 0.481 e. The zero-order valence-electron chi connectivity index (χ0n) is 9.58. The highest BCUT2D eigenvalue weighted by Crippen LogP contribution is 2.26. The van der Waals surface area contributed by atoms with E-state index in [1.54, 1.807) is 0 Å². The van der Waals surface area contributed by atoms with E-state index in [9.17, 15) is 18.4 Å². The van der Waals surface area contributed by atoms with E-state index in [1.807, 2.05) is 0 Å². The molecule has 1 atom stereocenters. The molecule has 0 aromatic heterocycles. The molecule has 0 saturated carbocycles. The maximum absolute atomic E-state index is 13.1. The lowest BCUT2D eigenvalue weighted by atomic mass is 10.1. The lowest BCUT2D eigenvalue weighted by molar-refractivity contribution is -0.147. The predicted molar refractivity (Wildman–Crippen MR) is 55.9 cm³/mol. The van der Waals surface area contributed by atoms with Gasteiger partial charge in [-0.2, -0.15) is 0 Å². The van der Waals surface area contributed by atoms with Gasteiger partial charge in [0, 0.05) is 13.0 Å². The van der Waals surface area contributed by atoms with Gasteiger partial charge in [-0.1, -0.05) is 0 Å². The monoisotopic (exact) mass is 250 g/mol. The molecular formula is C10H16F2N2O3. The molecule has 0 aliphatic carbocycles. The number of rotatable bonds is 4. The number of alkyl halides is 2. The molecule has 1 aliphatic heterocycles. The van der Waals surface area contributed by atoms with Crippen molar-refractivity contribution in [1.29, 1.82) is 0 Å². The summed E-state index contributed by atoms with van der Waals surface area (Å²) in [5.41, 5.74) is 0. The van der Waals surface area contributed by atoms with E-state index in [4.69, 9.17) is 5.11 Å². The fraction of sp³-hybridized carbons (Fsp3) is 0.800. The Morgan fingerprint density at radius 1 is 1.53 bits per heavy atom. The summed E-state index contributed by atoms with van der Waals surface area (Å²) in [6, 6.07) is -0.943. The van der Waals surface area contributed by atoms with Crippen LogP contribution in [-0.4, -0.2) is 54.0 Å². The van der Waals surface area contributed by atoms with Crippen LogP contribution in [0.3, 0.4) is 0 Å². The zero-order valence-corrected chi connectivity index (χ0v) is 9.58. The summed E-state index contributed by atoms with van der Waals surface area (Å²) < 4.78 is 26.2. The molecule has 0 spiro atoms. The third-order valence-corrected chi connectivity index (χ3v) is 2.73. The first kappa shape index (κ1) is 13.8. The van der Waals surface area contributed by atoms with Crippen LogP contribution in [0.1, 0.15) is 19.3 Å². The Hall–Kier alpha value is -1.24. The second kappa shape index (κ2) is 5.39. The first-order valence-electron chi connectivity index (χ1n) is 5.41.